The maximum absolute atomic E-state index is 12.1. The molecule has 0 spiro atoms. The molecule has 274 valence electrons. The Morgan fingerprint density at radius 1 is 0.940 bits per heavy atom. The number of amides is 2. The maximum Gasteiger partial charge on any atom is 0.333 e. The van der Waals surface area contributed by atoms with Crippen LogP contribution < -0.4 is 9.30 Å². The molecule has 18 heteroatoms. The number of rotatable bonds is 17. The van der Waals surface area contributed by atoms with Gasteiger partial charge in [-0.2, -0.15) is 16.8 Å². The minimum absolute atomic E-state index is 0.00695. The number of benzene rings is 1. The van der Waals surface area contributed by atoms with E-state index in [-0.39, 0.29) is 61.9 Å². The summed E-state index contributed by atoms with van der Waals surface area (Å²) in [7, 11) is -8.73. The molecule has 1 aliphatic rings. The molecule has 1 saturated heterocycles. The number of ether oxygens (including phenoxy) is 1. The van der Waals surface area contributed by atoms with Gasteiger partial charge < -0.3 is 18.9 Å². The molecule has 3 heterocycles. The summed E-state index contributed by atoms with van der Waals surface area (Å²) in [5, 5.41) is 0.463. The van der Waals surface area contributed by atoms with Gasteiger partial charge in [-0.25, -0.2) is 14.3 Å². The first kappa shape index (κ1) is 40.2. The first-order chi connectivity index (χ1) is 23.6. The van der Waals surface area contributed by atoms with Gasteiger partial charge in [0.2, 0.25) is 5.89 Å². The highest BCUT2D eigenvalue weighted by Crippen LogP contribution is 2.32. The number of hydrogen-bond donors (Lipinski definition) is 2. The Morgan fingerprint density at radius 3 is 2.14 bits per heavy atom. The summed E-state index contributed by atoms with van der Waals surface area (Å²) >= 11 is 0. The lowest BCUT2D eigenvalue weighted by atomic mass is 10.2. The molecule has 0 bridgehead atoms. The molecule has 0 aliphatic carbocycles. The molecule has 16 nitrogen and oxygen atoms in total. The lowest BCUT2D eigenvalue weighted by Gasteiger charge is -2.13. The highest BCUT2D eigenvalue weighted by molar-refractivity contribution is 7.86. The second-order valence-corrected chi connectivity index (χ2v) is 14.1. The van der Waals surface area contributed by atoms with Crippen molar-refractivity contribution < 1.29 is 58.9 Å². The number of oxazole rings is 1. The number of nitrogens with zero attached hydrogens (tertiary/aromatic N) is 4. The van der Waals surface area contributed by atoms with Crippen LogP contribution in [0.1, 0.15) is 59.3 Å². The van der Waals surface area contributed by atoms with E-state index in [0.717, 1.165) is 0 Å². The van der Waals surface area contributed by atoms with E-state index in [1.54, 1.807) is 29.1 Å². The van der Waals surface area contributed by atoms with Crippen molar-refractivity contribution in [3.63, 3.8) is 0 Å². The van der Waals surface area contributed by atoms with Gasteiger partial charge in [-0.05, 0) is 50.7 Å². The number of hydroxylamine groups is 2. The van der Waals surface area contributed by atoms with E-state index >= 15 is 0 Å². The van der Waals surface area contributed by atoms with Crippen molar-refractivity contribution in [2.24, 2.45) is 0 Å². The molecule has 0 unspecified atom stereocenters. The minimum atomic E-state index is -4.70. The van der Waals surface area contributed by atoms with Gasteiger partial charge in [0.15, 0.2) is 18.2 Å². The third-order valence-corrected chi connectivity index (χ3v) is 9.22. The maximum atomic E-state index is 12.1. The molecule has 0 radical (unpaired) electrons. The van der Waals surface area contributed by atoms with Crippen LogP contribution in [-0.4, -0.2) is 90.7 Å². The zero-order chi connectivity index (χ0) is 36.9. The Balaban J connectivity index is 0.000000872. The van der Waals surface area contributed by atoms with Crippen LogP contribution in [0.2, 0.25) is 0 Å². The van der Waals surface area contributed by atoms with Gasteiger partial charge >= 0.3 is 5.97 Å². The van der Waals surface area contributed by atoms with Crippen molar-refractivity contribution in [2.45, 2.75) is 70.7 Å². The number of aryl methyl sites for hydroxylation is 1. The monoisotopic (exact) mass is 739 g/mol. The topological polar surface area (TPSA) is 215 Å². The smallest absolute Gasteiger partial charge is 0.333 e. The van der Waals surface area contributed by atoms with Crippen LogP contribution in [0.4, 0.5) is 0 Å². The van der Waals surface area contributed by atoms with Crippen molar-refractivity contribution in [1.82, 2.24) is 14.9 Å². The van der Waals surface area contributed by atoms with E-state index in [1.165, 1.54) is 44.0 Å². The Bertz CT molecular complexity index is 1800. The van der Waals surface area contributed by atoms with Crippen molar-refractivity contribution in [3.8, 4) is 28.5 Å². The van der Waals surface area contributed by atoms with Crippen LogP contribution in [0.3, 0.4) is 0 Å². The van der Waals surface area contributed by atoms with Crippen LogP contribution in [0.25, 0.3) is 22.8 Å². The molecule has 1 aromatic carbocycles. The highest BCUT2D eigenvalue weighted by Gasteiger charge is 2.32. The van der Waals surface area contributed by atoms with Gasteiger partial charge in [-0.15, -0.1) is 5.06 Å². The molecule has 50 heavy (non-hydrogen) atoms. The Kier molecular flexibility index (Phi) is 15.0. The number of carbonyl (C=O) groups excluding carboxylic acids is 3. The van der Waals surface area contributed by atoms with E-state index in [9.17, 15) is 35.8 Å². The number of imide groups is 1. The van der Waals surface area contributed by atoms with Crippen molar-refractivity contribution in [2.75, 3.05) is 32.0 Å². The van der Waals surface area contributed by atoms with Crippen molar-refractivity contribution in [3.05, 3.63) is 48.9 Å². The normalized spacial score (nSPS) is 13.4. The summed E-state index contributed by atoms with van der Waals surface area (Å²) < 4.78 is 77.6. The molecule has 3 aromatic rings. The molecule has 0 atom stereocenters. The van der Waals surface area contributed by atoms with E-state index < -0.39 is 42.9 Å². The van der Waals surface area contributed by atoms with Gasteiger partial charge in [-0.3, -0.25) is 18.7 Å². The largest absolute Gasteiger partial charge is 0.492 e. The number of hydrogen-bond acceptors (Lipinski definition) is 12. The van der Waals surface area contributed by atoms with Crippen LogP contribution >= 0.6 is 0 Å². The molecule has 1 fully saturated rings. The highest BCUT2D eigenvalue weighted by atomic mass is 32.2. The summed E-state index contributed by atoms with van der Waals surface area (Å²) in [5.74, 6) is -1.95. The van der Waals surface area contributed by atoms with Crippen LogP contribution in [0, 0.1) is 0 Å². The average Bonchev–Trinajstić information content (AvgIpc) is 3.68. The molecule has 1 aliphatic heterocycles. The summed E-state index contributed by atoms with van der Waals surface area (Å²) in [6.07, 6.45) is 5.42. The fourth-order valence-electron chi connectivity index (χ4n) is 4.73. The summed E-state index contributed by atoms with van der Waals surface area (Å²) in [6.45, 7) is 10.5. The molecule has 2 N–H and O–H groups in total. The van der Waals surface area contributed by atoms with Gasteiger partial charge in [0.25, 0.3) is 32.1 Å². The van der Waals surface area contributed by atoms with Crippen molar-refractivity contribution in [1.29, 1.82) is 0 Å². The Labute approximate surface area is 291 Å². The van der Waals surface area contributed by atoms with Crippen LogP contribution in [-0.2, 0) is 46.0 Å². The van der Waals surface area contributed by atoms with E-state index in [4.69, 9.17) is 18.5 Å². The zero-order valence-electron chi connectivity index (χ0n) is 28.2. The standard InChI is InChI=1S/C26H27N3O12S2.C6H15N/c30-23-7-8-24(31)29(23)41-25(32)4-1-2-14-39-20-6-5-19(16-22(20)43(36,37)38)21-17-27-26(40-21)18-9-12-28(13-10-18)11-3-15-42(33,34)35;1-4-7(5-2)6-3/h5-6,9-10,12-13,16-17H,1-4,7-8,11,14-15H2,(H-,33,34,35,36,37,38);4-6H2,1-3H3/p+1. The third kappa shape index (κ3) is 12.6. The van der Waals surface area contributed by atoms with Gasteiger partial charge in [0.05, 0.1) is 18.6 Å². The first-order valence-corrected chi connectivity index (χ1v) is 19.1. The molecular weight excluding hydrogens is 697 g/mol. The predicted octanol–water partition coefficient (Wildman–Crippen LogP) is 3.33. The van der Waals surface area contributed by atoms with Crippen LogP contribution in [0.15, 0.2) is 58.2 Å². The predicted molar refractivity (Wildman–Crippen MR) is 178 cm³/mol. The number of unbranched alkanes of at least 4 members (excludes halogenated alkanes) is 1. The van der Waals surface area contributed by atoms with E-state index in [1.807, 2.05) is 0 Å². The minimum Gasteiger partial charge on any atom is -0.492 e. The first-order valence-electron chi connectivity index (χ1n) is 16.1. The molecule has 4 rings (SSSR count). The molecular formula is C32H43N4O12S2+. The Hall–Kier alpha value is -4.23. The number of pyridine rings is 1. The zero-order valence-corrected chi connectivity index (χ0v) is 29.8. The average molecular weight is 740 g/mol. The van der Waals surface area contributed by atoms with Crippen LogP contribution in [0.5, 0.6) is 5.75 Å². The summed E-state index contributed by atoms with van der Waals surface area (Å²) in [6, 6.07) is 7.41. The van der Waals surface area contributed by atoms with E-state index in [0.29, 0.717) is 29.2 Å². The fourth-order valence-corrected chi connectivity index (χ4v) is 5.88. The third-order valence-electron chi connectivity index (χ3n) is 7.54. The van der Waals surface area contributed by atoms with E-state index in [2.05, 4.69) is 30.7 Å². The van der Waals surface area contributed by atoms with Gasteiger partial charge in [-0.1, -0.05) is 20.8 Å². The molecule has 0 saturated carbocycles. The number of carbonyl (C=O) groups is 3. The lowest BCUT2D eigenvalue weighted by molar-refractivity contribution is -0.696. The summed E-state index contributed by atoms with van der Waals surface area (Å²) in [4.78, 5) is 45.8. The quantitative estimate of drug-likeness (QED) is 0.0880. The Morgan fingerprint density at radius 2 is 1.58 bits per heavy atom. The van der Waals surface area contributed by atoms with Crippen molar-refractivity contribution >= 4 is 38.0 Å². The summed E-state index contributed by atoms with van der Waals surface area (Å²) in [5.41, 5.74) is 0.887. The molecule has 2 aromatic heterocycles. The van der Waals surface area contributed by atoms with Gasteiger partial charge in [0, 0.05) is 48.9 Å². The number of aromatic nitrogens is 2. The van der Waals surface area contributed by atoms with Gasteiger partial charge in [0.1, 0.15) is 17.2 Å². The lowest BCUT2D eigenvalue weighted by Crippen LogP contribution is -2.33. The molecule has 2 amide bonds. The SMILES string of the molecule is CCN(CC)CC.O=C(CCCCOc1ccc(-c2cnc(-c3cc[n+](CCCS(=O)(=O)O)cc3)o2)cc1S(=O)(=O)O)ON1C(=O)CCC1=O. The second-order valence-electron chi connectivity index (χ2n) is 11.1. The fraction of sp³-hybridized carbons (Fsp3) is 0.469. The second kappa shape index (κ2) is 18.7.